The van der Waals surface area contributed by atoms with Crippen LogP contribution in [0.15, 0.2) is 12.1 Å². The monoisotopic (exact) mass is 316 g/mol. The van der Waals surface area contributed by atoms with Gasteiger partial charge in [0, 0.05) is 11.6 Å². The Balaban J connectivity index is 2.78. The summed E-state index contributed by atoms with van der Waals surface area (Å²) < 4.78 is 15.9. The predicted octanol–water partition coefficient (Wildman–Crippen LogP) is 5.66. The molecule has 1 unspecified atom stereocenters. The zero-order valence-electron chi connectivity index (χ0n) is 12.2. The van der Waals surface area contributed by atoms with Crippen molar-refractivity contribution in [3.8, 4) is 0 Å². The van der Waals surface area contributed by atoms with E-state index in [9.17, 15) is 4.39 Å². The Labute approximate surface area is 128 Å². The molecule has 2 nitrogen and oxygen atoms in total. The molecule has 110 valence electrons. The molecule has 2 aromatic rings. The third-order valence-electron chi connectivity index (χ3n) is 3.55. The maximum Gasteiger partial charge on any atom is 0.144 e. The van der Waals surface area contributed by atoms with Crippen LogP contribution in [0.1, 0.15) is 51.7 Å². The molecule has 1 atom stereocenters. The molecule has 1 aromatic carbocycles. The van der Waals surface area contributed by atoms with Crippen LogP contribution < -0.4 is 0 Å². The van der Waals surface area contributed by atoms with Gasteiger partial charge in [-0.25, -0.2) is 9.37 Å². The molecule has 0 saturated carbocycles. The average Bonchev–Trinajstić information content (AvgIpc) is 2.69. The van der Waals surface area contributed by atoms with Gasteiger partial charge in [-0.1, -0.05) is 24.9 Å². The van der Waals surface area contributed by atoms with Gasteiger partial charge in [0.2, 0.25) is 0 Å². The zero-order chi connectivity index (χ0) is 15.1. The van der Waals surface area contributed by atoms with E-state index >= 15 is 0 Å². The highest BCUT2D eigenvalue weighted by molar-refractivity contribution is 6.31. The van der Waals surface area contributed by atoms with E-state index < -0.39 is 5.82 Å². The van der Waals surface area contributed by atoms with E-state index in [0.29, 0.717) is 5.52 Å². The second-order valence-electron chi connectivity index (χ2n) is 5.74. The molecule has 0 saturated heterocycles. The molecule has 0 aliphatic rings. The molecular weight excluding hydrogens is 298 g/mol. The second kappa shape index (κ2) is 5.53. The first-order valence-corrected chi connectivity index (χ1v) is 7.61. The highest BCUT2D eigenvalue weighted by Crippen LogP contribution is 2.34. The van der Waals surface area contributed by atoms with Crippen molar-refractivity contribution in [1.29, 1.82) is 0 Å². The number of fused-ring (bicyclic) bond motifs is 1. The summed E-state index contributed by atoms with van der Waals surface area (Å²) in [5, 5.41) is -0.162. The average molecular weight is 317 g/mol. The van der Waals surface area contributed by atoms with Crippen LogP contribution in [0, 0.1) is 5.82 Å². The van der Waals surface area contributed by atoms with Crippen LogP contribution in [0.2, 0.25) is 5.02 Å². The van der Waals surface area contributed by atoms with E-state index in [1.165, 1.54) is 6.07 Å². The van der Waals surface area contributed by atoms with Crippen molar-refractivity contribution < 1.29 is 4.39 Å². The van der Waals surface area contributed by atoms with E-state index in [1.54, 1.807) is 6.07 Å². The van der Waals surface area contributed by atoms with Gasteiger partial charge in [-0.2, -0.15) is 0 Å². The summed E-state index contributed by atoms with van der Waals surface area (Å²) in [6.07, 6.45) is 1.98. The Morgan fingerprint density at radius 1 is 1.40 bits per heavy atom. The first kappa shape index (κ1) is 15.6. The number of imidazole rings is 1. The standard InChI is InChI=1S/C15H19Cl2FN2/c1-5-6-15(3,4)20-13-8-11(18)10(17)7-12(13)19-14(20)9(2)16/h7-9H,5-6H2,1-4H3. The Morgan fingerprint density at radius 2 is 2.05 bits per heavy atom. The van der Waals surface area contributed by atoms with Crippen molar-refractivity contribution in [2.45, 2.75) is 51.5 Å². The fraction of sp³-hybridized carbons (Fsp3) is 0.533. The van der Waals surface area contributed by atoms with Crippen molar-refractivity contribution in [3.63, 3.8) is 0 Å². The fourth-order valence-corrected chi connectivity index (χ4v) is 3.02. The van der Waals surface area contributed by atoms with Gasteiger partial charge in [-0.15, -0.1) is 11.6 Å². The lowest BCUT2D eigenvalue weighted by Gasteiger charge is -2.29. The van der Waals surface area contributed by atoms with Gasteiger partial charge < -0.3 is 4.57 Å². The van der Waals surface area contributed by atoms with E-state index in [4.69, 9.17) is 23.2 Å². The maximum atomic E-state index is 13.8. The summed E-state index contributed by atoms with van der Waals surface area (Å²) in [6.45, 7) is 8.24. The van der Waals surface area contributed by atoms with Crippen molar-refractivity contribution in [2.75, 3.05) is 0 Å². The van der Waals surface area contributed by atoms with E-state index in [1.807, 2.05) is 11.5 Å². The van der Waals surface area contributed by atoms with Gasteiger partial charge in [-0.05, 0) is 33.3 Å². The lowest BCUT2D eigenvalue weighted by molar-refractivity contribution is 0.323. The molecule has 20 heavy (non-hydrogen) atoms. The molecule has 0 fully saturated rings. The third-order valence-corrected chi connectivity index (χ3v) is 4.03. The molecule has 1 aromatic heterocycles. The summed E-state index contributed by atoms with van der Waals surface area (Å²) >= 11 is 12.1. The Kier molecular flexibility index (Phi) is 4.31. The summed E-state index contributed by atoms with van der Waals surface area (Å²) in [5.41, 5.74) is 1.25. The van der Waals surface area contributed by atoms with Gasteiger partial charge in [0.05, 0.1) is 21.4 Å². The van der Waals surface area contributed by atoms with E-state index in [0.717, 1.165) is 24.2 Å². The molecule has 0 aliphatic heterocycles. The van der Waals surface area contributed by atoms with Crippen molar-refractivity contribution >= 4 is 34.2 Å². The molecule has 2 rings (SSSR count). The molecule has 0 amide bonds. The van der Waals surface area contributed by atoms with Crippen molar-refractivity contribution in [2.24, 2.45) is 0 Å². The minimum absolute atomic E-state index is 0.0872. The van der Waals surface area contributed by atoms with Gasteiger partial charge in [-0.3, -0.25) is 0 Å². The second-order valence-corrected chi connectivity index (χ2v) is 6.80. The summed E-state index contributed by atoms with van der Waals surface area (Å²) in [5.74, 6) is 0.322. The van der Waals surface area contributed by atoms with Crippen LogP contribution in [0.4, 0.5) is 4.39 Å². The Morgan fingerprint density at radius 3 is 2.60 bits per heavy atom. The molecule has 1 heterocycles. The quantitative estimate of drug-likeness (QED) is 0.665. The highest BCUT2D eigenvalue weighted by Gasteiger charge is 2.27. The van der Waals surface area contributed by atoms with Crippen LogP contribution in [-0.4, -0.2) is 9.55 Å². The normalized spacial score (nSPS) is 13.9. The largest absolute Gasteiger partial charge is 0.321 e. The lowest BCUT2D eigenvalue weighted by atomic mass is 9.97. The van der Waals surface area contributed by atoms with Crippen LogP contribution in [-0.2, 0) is 5.54 Å². The summed E-state index contributed by atoms with van der Waals surface area (Å²) in [6, 6.07) is 3.01. The maximum absolute atomic E-state index is 13.8. The lowest BCUT2D eigenvalue weighted by Crippen LogP contribution is -2.28. The number of rotatable bonds is 4. The minimum Gasteiger partial charge on any atom is -0.321 e. The smallest absolute Gasteiger partial charge is 0.144 e. The molecule has 0 aliphatic carbocycles. The first-order chi connectivity index (χ1) is 9.27. The molecule has 0 radical (unpaired) electrons. The molecule has 0 spiro atoms. The number of benzene rings is 1. The first-order valence-electron chi connectivity index (χ1n) is 6.80. The zero-order valence-corrected chi connectivity index (χ0v) is 13.7. The topological polar surface area (TPSA) is 17.8 Å². The van der Waals surface area contributed by atoms with E-state index in [2.05, 4.69) is 25.8 Å². The number of aromatic nitrogens is 2. The van der Waals surface area contributed by atoms with Crippen molar-refractivity contribution in [3.05, 3.63) is 28.8 Å². The van der Waals surface area contributed by atoms with Crippen molar-refractivity contribution in [1.82, 2.24) is 9.55 Å². The van der Waals surface area contributed by atoms with E-state index in [-0.39, 0.29) is 15.9 Å². The van der Waals surface area contributed by atoms with Gasteiger partial charge >= 0.3 is 0 Å². The number of hydrogen-bond donors (Lipinski definition) is 0. The molecule has 0 N–H and O–H groups in total. The van der Waals surface area contributed by atoms with Crippen LogP contribution in [0.3, 0.4) is 0 Å². The minimum atomic E-state index is -0.429. The Hall–Kier alpha value is -0.800. The number of halogens is 3. The number of hydrogen-bond acceptors (Lipinski definition) is 1. The van der Waals surface area contributed by atoms with Gasteiger partial charge in [0.1, 0.15) is 11.6 Å². The molecule has 0 bridgehead atoms. The van der Waals surface area contributed by atoms with Crippen LogP contribution in [0.5, 0.6) is 0 Å². The SMILES string of the molecule is CCCC(C)(C)n1c(C(C)Cl)nc2cc(Cl)c(F)cc21. The summed E-state index contributed by atoms with van der Waals surface area (Å²) in [4.78, 5) is 4.54. The predicted molar refractivity (Wildman–Crippen MR) is 83.2 cm³/mol. The highest BCUT2D eigenvalue weighted by atomic mass is 35.5. The number of nitrogens with zero attached hydrogens (tertiary/aromatic N) is 2. The number of alkyl halides is 1. The van der Waals surface area contributed by atoms with Gasteiger partial charge in [0.15, 0.2) is 0 Å². The van der Waals surface area contributed by atoms with Crippen LogP contribution in [0.25, 0.3) is 11.0 Å². The third kappa shape index (κ3) is 2.66. The summed E-state index contributed by atoms with van der Waals surface area (Å²) in [7, 11) is 0. The Bertz CT molecular complexity index is 632. The molecular formula is C15H19Cl2FN2. The van der Waals surface area contributed by atoms with Gasteiger partial charge in [0.25, 0.3) is 0 Å². The fourth-order valence-electron chi connectivity index (χ4n) is 2.72. The van der Waals surface area contributed by atoms with Crippen LogP contribution >= 0.6 is 23.2 Å². The molecule has 5 heteroatoms.